The van der Waals surface area contributed by atoms with Crippen LogP contribution in [0.3, 0.4) is 0 Å². The highest BCUT2D eigenvalue weighted by Gasteiger charge is 2.07. The molecule has 0 aliphatic carbocycles. The molecule has 2 heteroatoms. The maximum absolute atomic E-state index is 12.1. The minimum absolute atomic E-state index is 0.0833. The van der Waals surface area contributed by atoms with Gasteiger partial charge in [-0.05, 0) is 52.0 Å². The predicted octanol–water partition coefficient (Wildman–Crippen LogP) is 7.99. The minimum atomic E-state index is 0.0833. The Kier molecular flexibility index (Phi) is 7.86. The van der Waals surface area contributed by atoms with Crippen LogP contribution in [0.15, 0.2) is 107 Å². The molecule has 0 aliphatic rings. The zero-order valence-corrected chi connectivity index (χ0v) is 19.4. The van der Waals surface area contributed by atoms with Gasteiger partial charge in [0.1, 0.15) is 0 Å². The lowest BCUT2D eigenvalue weighted by molar-refractivity contribution is 0.103. The van der Waals surface area contributed by atoms with E-state index in [1.807, 2.05) is 62.4 Å². The first-order valence-corrected chi connectivity index (χ1v) is 11.2. The average molecular weight is 425 g/mol. The zero-order chi connectivity index (χ0) is 22.2. The van der Waals surface area contributed by atoms with Gasteiger partial charge in [-0.1, -0.05) is 107 Å². The van der Waals surface area contributed by atoms with Gasteiger partial charge in [-0.25, -0.2) is 0 Å². The summed E-state index contributed by atoms with van der Waals surface area (Å²) < 4.78 is 0. The third kappa shape index (κ3) is 6.97. The Morgan fingerprint density at radius 2 is 0.710 bits per heavy atom. The largest absolute Gasteiger partial charge is 0.289 e. The second kappa shape index (κ2) is 10.8. The molecule has 0 amide bonds. The fourth-order valence-electron chi connectivity index (χ4n) is 2.93. The maximum Gasteiger partial charge on any atom is 0.193 e. The van der Waals surface area contributed by atoms with Gasteiger partial charge in [-0.2, -0.15) is 0 Å². The van der Waals surface area contributed by atoms with Gasteiger partial charge < -0.3 is 0 Å². The lowest BCUT2D eigenvalue weighted by Gasteiger charge is -2.02. The van der Waals surface area contributed by atoms with Gasteiger partial charge in [0, 0.05) is 20.9 Å². The van der Waals surface area contributed by atoms with Crippen LogP contribution in [-0.4, -0.2) is 5.78 Å². The Bertz CT molecular complexity index is 1020. The standard InChI is InChI=1S/C15H14O.C14H14S/c1-11-3-7-13(8-4-11)15(16)14-9-5-12(2)6-10-14;1-11-3-7-13(8-4-11)15-14-9-5-12(2)6-10-14/h3-10H,1-2H3;3-10H,1-2H3. The van der Waals surface area contributed by atoms with E-state index in [0.717, 1.165) is 11.1 Å². The van der Waals surface area contributed by atoms with Crippen LogP contribution in [0.4, 0.5) is 0 Å². The lowest BCUT2D eigenvalue weighted by Crippen LogP contribution is -2.00. The van der Waals surface area contributed by atoms with E-state index in [9.17, 15) is 4.79 Å². The third-order valence-electron chi connectivity index (χ3n) is 4.91. The summed E-state index contributed by atoms with van der Waals surface area (Å²) in [5, 5.41) is 0. The van der Waals surface area contributed by atoms with Gasteiger partial charge in [-0.3, -0.25) is 4.79 Å². The van der Waals surface area contributed by atoms with Crippen molar-refractivity contribution in [2.45, 2.75) is 37.5 Å². The van der Waals surface area contributed by atoms with Crippen LogP contribution in [0.5, 0.6) is 0 Å². The van der Waals surface area contributed by atoms with E-state index < -0.39 is 0 Å². The molecule has 0 saturated carbocycles. The quantitative estimate of drug-likeness (QED) is 0.309. The fraction of sp³-hybridized carbons (Fsp3) is 0.138. The summed E-state index contributed by atoms with van der Waals surface area (Å²) in [6.45, 7) is 8.25. The molecule has 0 unspecified atom stereocenters. The molecule has 0 atom stereocenters. The molecular weight excluding hydrogens is 396 g/mol. The highest BCUT2D eigenvalue weighted by atomic mass is 32.2. The van der Waals surface area contributed by atoms with Crippen molar-refractivity contribution in [2.24, 2.45) is 0 Å². The van der Waals surface area contributed by atoms with E-state index in [2.05, 4.69) is 62.4 Å². The molecule has 0 aliphatic heterocycles. The van der Waals surface area contributed by atoms with Gasteiger partial charge in [0.2, 0.25) is 0 Å². The van der Waals surface area contributed by atoms with E-state index >= 15 is 0 Å². The molecule has 0 aromatic heterocycles. The summed E-state index contributed by atoms with van der Waals surface area (Å²) in [6.07, 6.45) is 0. The van der Waals surface area contributed by atoms with Crippen LogP contribution in [0, 0.1) is 27.7 Å². The van der Waals surface area contributed by atoms with E-state index in [-0.39, 0.29) is 5.78 Å². The molecule has 31 heavy (non-hydrogen) atoms. The van der Waals surface area contributed by atoms with Gasteiger partial charge in [0.25, 0.3) is 0 Å². The van der Waals surface area contributed by atoms with Crippen molar-refractivity contribution in [1.82, 2.24) is 0 Å². The lowest BCUT2D eigenvalue weighted by atomic mass is 10.0. The second-order valence-corrected chi connectivity index (χ2v) is 8.94. The Morgan fingerprint density at radius 1 is 0.452 bits per heavy atom. The molecule has 4 aromatic rings. The monoisotopic (exact) mass is 424 g/mol. The van der Waals surface area contributed by atoms with Crippen LogP contribution >= 0.6 is 11.8 Å². The highest BCUT2D eigenvalue weighted by Crippen LogP contribution is 2.27. The fourth-order valence-corrected chi connectivity index (χ4v) is 3.74. The molecule has 0 fully saturated rings. The van der Waals surface area contributed by atoms with Crippen molar-refractivity contribution in [3.05, 3.63) is 130 Å². The van der Waals surface area contributed by atoms with Crippen LogP contribution in [0.1, 0.15) is 38.2 Å². The van der Waals surface area contributed by atoms with E-state index in [0.29, 0.717) is 0 Å². The van der Waals surface area contributed by atoms with Crippen molar-refractivity contribution in [3.63, 3.8) is 0 Å². The number of aryl methyl sites for hydroxylation is 4. The number of hydrogen-bond acceptors (Lipinski definition) is 2. The number of hydrogen-bond donors (Lipinski definition) is 0. The Balaban J connectivity index is 0.000000176. The van der Waals surface area contributed by atoms with Crippen LogP contribution < -0.4 is 0 Å². The molecule has 156 valence electrons. The number of carbonyl (C=O) groups is 1. The molecule has 0 bridgehead atoms. The molecule has 0 N–H and O–H groups in total. The molecule has 4 rings (SSSR count). The number of rotatable bonds is 4. The van der Waals surface area contributed by atoms with Gasteiger partial charge in [0.05, 0.1) is 0 Å². The first kappa shape index (κ1) is 22.6. The topological polar surface area (TPSA) is 17.1 Å². The normalized spacial score (nSPS) is 10.2. The van der Waals surface area contributed by atoms with Crippen LogP contribution in [0.2, 0.25) is 0 Å². The number of carbonyl (C=O) groups excluding carboxylic acids is 1. The molecule has 0 heterocycles. The van der Waals surface area contributed by atoms with Crippen LogP contribution in [0.25, 0.3) is 0 Å². The molecule has 4 aromatic carbocycles. The predicted molar refractivity (Wildman–Crippen MR) is 132 cm³/mol. The smallest absolute Gasteiger partial charge is 0.193 e. The molecule has 0 saturated heterocycles. The summed E-state index contributed by atoms with van der Waals surface area (Å²) in [5.74, 6) is 0.0833. The van der Waals surface area contributed by atoms with Crippen molar-refractivity contribution < 1.29 is 4.79 Å². The Labute approximate surface area is 190 Å². The van der Waals surface area contributed by atoms with Crippen molar-refractivity contribution in [1.29, 1.82) is 0 Å². The molecule has 1 nitrogen and oxygen atoms in total. The average Bonchev–Trinajstić information content (AvgIpc) is 2.78. The minimum Gasteiger partial charge on any atom is -0.289 e. The van der Waals surface area contributed by atoms with Gasteiger partial charge in [0.15, 0.2) is 5.78 Å². The van der Waals surface area contributed by atoms with E-state index in [4.69, 9.17) is 0 Å². The highest BCUT2D eigenvalue weighted by molar-refractivity contribution is 7.99. The van der Waals surface area contributed by atoms with Crippen molar-refractivity contribution in [3.8, 4) is 0 Å². The number of benzene rings is 4. The Hall–Kier alpha value is -3.10. The molecule has 0 radical (unpaired) electrons. The van der Waals surface area contributed by atoms with Gasteiger partial charge in [-0.15, -0.1) is 0 Å². The van der Waals surface area contributed by atoms with E-state index in [1.54, 1.807) is 11.8 Å². The summed E-state index contributed by atoms with van der Waals surface area (Å²) in [6, 6.07) is 32.6. The SMILES string of the molecule is Cc1ccc(C(=O)c2ccc(C)cc2)cc1.Cc1ccc(Sc2ccc(C)cc2)cc1. The van der Waals surface area contributed by atoms with Crippen molar-refractivity contribution >= 4 is 17.5 Å². The summed E-state index contributed by atoms with van der Waals surface area (Å²) >= 11 is 1.80. The van der Waals surface area contributed by atoms with E-state index in [1.165, 1.54) is 32.0 Å². The first-order valence-electron chi connectivity index (χ1n) is 10.4. The summed E-state index contributed by atoms with van der Waals surface area (Å²) in [4.78, 5) is 14.7. The maximum atomic E-state index is 12.1. The summed E-state index contributed by atoms with van der Waals surface area (Å²) in [5.41, 5.74) is 6.44. The third-order valence-corrected chi connectivity index (χ3v) is 5.92. The zero-order valence-electron chi connectivity index (χ0n) is 18.6. The van der Waals surface area contributed by atoms with Crippen LogP contribution in [-0.2, 0) is 0 Å². The summed E-state index contributed by atoms with van der Waals surface area (Å²) in [7, 11) is 0. The Morgan fingerprint density at radius 3 is 1.00 bits per heavy atom. The van der Waals surface area contributed by atoms with Crippen molar-refractivity contribution in [2.75, 3.05) is 0 Å². The second-order valence-electron chi connectivity index (χ2n) is 7.79. The first-order chi connectivity index (χ1) is 14.9. The molecular formula is C29H28OS. The van der Waals surface area contributed by atoms with Gasteiger partial charge >= 0.3 is 0 Å². The number of ketones is 1. The molecule has 0 spiro atoms.